The van der Waals surface area contributed by atoms with Gasteiger partial charge in [0.2, 0.25) is 0 Å². The first-order chi connectivity index (χ1) is 12.8. The van der Waals surface area contributed by atoms with Crippen LogP contribution in [0.3, 0.4) is 0 Å². The summed E-state index contributed by atoms with van der Waals surface area (Å²) in [5.41, 5.74) is 2.09. The van der Waals surface area contributed by atoms with Gasteiger partial charge in [-0.1, -0.05) is 36.4 Å². The lowest BCUT2D eigenvalue weighted by Crippen LogP contribution is -2.51. The van der Waals surface area contributed by atoms with E-state index in [0.29, 0.717) is 25.8 Å². The van der Waals surface area contributed by atoms with Crippen LogP contribution in [0.15, 0.2) is 48.5 Å². The molecule has 142 valence electrons. The van der Waals surface area contributed by atoms with Crippen LogP contribution in [0.2, 0.25) is 0 Å². The predicted molar refractivity (Wildman–Crippen MR) is 104 cm³/mol. The largest absolute Gasteiger partial charge is 0.444 e. The Labute approximate surface area is 160 Å². The number of Topliss-reactive ketones (excluding diaryl/α,β-unsaturated/α-hetero) is 1. The molecule has 2 heterocycles. The third kappa shape index (κ3) is 4.94. The highest BCUT2D eigenvalue weighted by molar-refractivity contribution is 5.88. The SMILES string of the molecule is CC(C)(C)OC(=O)N1CCCC(=O)C1Cc1cccc(-c2ccccc2)n1. The van der Waals surface area contributed by atoms with E-state index < -0.39 is 17.7 Å². The van der Waals surface area contributed by atoms with E-state index in [2.05, 4.69) is 0 Å². The van der Waals surface area contributed by atoms with Gasteiger partial charge in [-0.3, -0.25) is 14.7 Å². The van der Waals surface area contributed by atoms with Crippen LogP contribution in [0.1, 0.15) is 39.3 Å². The van der Waals surface area contributed by atoms with E-state index in [1.54, 1.807) is 4.90 Å². The van der Waals surface area contributed by atoms with Crippen LogP contribution < -0.4 is 0 Å². The highest BCUT2D eigenvalue weighted by Crippen LogP contribution is 2.22. The fraction of sp³-hybridized carbons (Fsp3) is 0.409. The smallest absolute Gasteiger partial charge is 0.410 e. The summed E-state index contributed by atoms with van der Waals surface area (Å²) in [6, 6.07) is 15.2. The van der Waals surface area contributed by atoms with Gasteiger partial charge in [-0.2, -0.15) is 0 Å². The van der Waals surface area contributed by atoms with Crippen LogP contribution in [0.5, 0.6) is 0 Å². The quantitative estimate of drug-likeness (QED) is 0.814. The number of pyridine rings is 1. The second kappa shape index (κ2) is 7.91. The lowest BCUT2D eigenvalue weighted by atomic mass is 9.96. The molecule has 1 atom stereocenters. The number of aromatic nitrogens is 1. The van der Waals surface area contributed by atoms with Gasteiger partial charge in [0.15, 0.2) is 5.78 Å². The Bertz CT molecular complexity index is 812. The molecule has 1 aliphatic rings. The van der Waals surface area contributed by atoms with Gasteiger partial charge in [-0.05, 0) is 39.3 Å². The standard InChI is InChI=1S/C22H26N2O3/c1-22(2,3)27-21(26)24-14-8-13-20(25)19(24)15-17-11-7-12-18(23-17)16-9-5-4-6-10-16/h4-7,9-12,19H,8,13-15H2,1-3H3. The number of likely N-dealkylation sites (tertiary alicyclic amines) is 1. The van der Waals surface area contributed by atoms with Gasteiger partial charge >= 0.3 is 6.09 Å². The Morgan fingerprint density at radius 3 is 2.59 bits per heavy atom. The van der Waals surface area contributed by atoms with E-state index in [1.165, 1.54) is 0 Å². The van der Waals surface area contributed by atoms with Crippen molar-refractivity contribution in [2.75, 3.05) is 6.54 Å². The summed E-state index contributed by atoms with van der Waals surface area (Å²) in [5.74, 6) is 0.0685. The maximum absolute atomic E-state index is 12.6. The van der Waals surface area contributed by atoms with Crippen LogP contribution in [-0.4, -0.2) is 39.9 Å². The molecule has 5 heteroatoms. The Morgan fingerprint density at radius 2 is 1.89 bits per heavy atom. The Balaban J connectivity index is 1.81. The zero-order valence-corrected chi connectivity index (χ0v) is 16.1. The Kier molecular flexibility index (Phi) is 5.59. The van der Waals surface area contributed by atoms with Crippen molar-refractivity contribution < 1.29 is 14.3 Å². The molecule has 1 unspecified atom stereocenters. The van der Waals surface area contributed by atoms with Crippen molar-refractivity contribution in [2.24, 2.45) is 0 Å². The number of carbonyl (C=O) groups is 2. The van der Waals surface area contributed by atoms with Crippen LogP contribution in [0.4, 0.5) is 4.79 Å². The second-order valence-corrected chi connectivity index (χ2v) is 7.84. The van der Waals surface area contributed by atoms with Crippen LogP contribution in [0, 0.1) is 0 Å². The first-order valence-electron chi connectivity index (χ1n) is 9.37. The van der Waals surface area contributed by atoms with Gasteiger partial charge < -0.3 is 4.74 Å². The molecule has 0 N–H and O–H groups in total. The van der Waals surface area contributed by atoms with E-state index in [1.807, 2.05) is 69.3 Å². The summed E-state index contributed by atoms with van der Waals surface area (Å²) in [5, 5.41) is 0. The molecule has 0 aliphatic carbocycles. The topological polar surface area (TPSA) is 59.5 Å². The number of benzene rings is 1. The van der Waals surface area contributed by atoms with E-state index in [0.717, 1.165) is 17.0 Å². The fourth-order valence-electron chi connectivity index (χ4n) is 3.24. The van der Waals surface area contributed by atoms with E-state index in [9.17, 15) is 9.59 Å². The molecule has 2 aromatic rings. The number of amides is 1. The number of hydrogen-bond donors (Lipinski definition) is 0. The fourth-order valence-corrected chi connectivity index (χ4v) is 3.24. The lowest BCUT2D eigenvalue weighted by molar-refractivity contribution is -0.126. The highest BCUT2D eigenvalue weighted by Gasteiger charge is 2.35. The first kappa shape index (κ1) is 19.1. The molecule has 1 aromatic carbocycles. The summed E-state index contributed by atoms with van der Waals surface area (Å²) < 4.78 is 5.50. The summed E-state index contributed by atoms with van der Waals surface area (Å²) in [4.78, 5) is 31.4. The Hall–Kier alpha value is -2.69. The zero-order chi connectivity index (χ0) is 19.4. The number of hydrogen-bond acceptors (Lipinski definition) is 4. The molecule has 0 saturated carbocycles. The summed E-state index contributed by atoms with van der Waals surface area (Å²) in [7, 11) is 0. The van der Waals surface area contributed by atoms with Gasteiger partial charge in [0.1, 0.15) is 5.60 Å². The van der Waals surface area contributed by atoms with Crippen molar-refractivity contribution in [3.05, 3.63) is 54.2 Å². The summed E-state index contributed by atoms with van der Waals surface area (Å²) in [6.45, 7) is 6.02. The molecule has 1 saturated heterocycles. The molecule has 0 spiro atoms. The molecule has 1 aliphatic heterocycles. The minimum atomic E-state index is -0.590. The second-order valence-electron chi connectivity index (χ2n) is 7.84. The van der Waals surface area contributed by atoms with Crippen LogP contribution in [0.25, 0.3) is 11.3 Å². The van der Waals surface area contributed by atoms with Gasteiger partial charge in [0.05, 0.1) is 11.7 Å². The average Bonchev–Trinajstić information content (AvgIpc) is 2.63. The van der Waals surface area contributed by atoms with Crippen molar-refractivity contribution in [3.63, 3.8) is 0 Å². The highest BCUT2D eigenvalue weighted by atomic mass is 16.6. The van der Waals surface area contributed by atoms with Crippen LogP contribution >= 0.6 is 0 Å². The monoisotopic (exact) mass is 366 g/mol. The van der Waals surface area contributed by atoms with Gasteiger partial charge in [0, 0.05) is 30.6 Å². The van der Waals surface area contributed by atoms with E-state index in [4.69, 9.17) is 9.72 Å². The molecule has 1 fully saturated rings. The lowest BCUT2D eigenvalue weighted by Gasteiger charge is -2.35. The molecular formula is C22H26N2O3. The van der Waals surface area contributed by atoms with Crippen LogP contribution in [-0.2, 0) is 16.0 Å². The molecular weight excluding hydrogens is 340 g/mol. The number of ketones is 1. The normalized spacial score (nSPS) is 17.7. The molecule has 1 aromatic heterocycles. The average molecular weight is 366 g/mol. The number of carbonyl (C=O) groups excluding carboxylic acids is 2. The zero-order valence-electron chi connectivity index (χ0n) is 16.1. The van der Waals surface area contributed by atoms with Crippen molar-refractivity contribution in [3.8, 4) is 11.3 Å². The molecule has 3 rings (SSSR count). The summed E-state index contributed by atoms with van der Waals surface area (Å²) >= 11 is 0. The van der Waals surface area contributed by atoms with Gasteiger partial charge in [-0.25, -0.2) is 4.79 Å². The maximum atomic E-state index is 12.6. The number of ether oxygens (including phenoxy) is 1. The van der Waals surface area contributed by atoms with E-state index >= 15 is 0 Å². The maximum Gasteiger partial charge on any atom is 0.410 e. The molecule has 1 amide bonds. The molecule has 27 heavy (non-hydrogen) atoms. The van der Waals surface area contributed by atoms with Crippen molar-refractivity contribution in [2.45, 2.75) is 51.7 Å². The molecule has 5 nitrogen and oxygen atoms in total. The van der Waals surface area contributed by atoms with E-state index in [-0.39, 0.29) is 5.78 Å². The van der Waals surface area contributed by atoms with Gasteiger partial charge in [-0.15, -0.1) is 0 Å². The summed E-state index contributed by atoms with van der Waals surface area (Å²) in [6.07, 6.45) is 1.13. The third-order valence-electron chi connectivity index (χ3n) is 4.48. The predicted octanol–water partition coefficient (Wildman–Crippen LogP) is 4.26. The van der Waals surface area contributed by atoms with Gasteiger partial charge in [0.25, 0.3) is 0 Å². The molecule has 0 radical (unpaired) electrons. The number of rotatable bonds is 3. The van der Waals surface area contributed by atoms with Crippen molar-refractivity contribution in [1.29, 1.82) is 0 Å². The Morgan fingerprint density at radius 1 is 1.15 bits per heavy atom. The minimum Gasteiger partial charge on any atom is -0.444 e. The number of nitrogens with zero attached hydrogens (tertiary/aromatic N) is 2. The number of piperidine rings is 1. The molecule has 0 bridgehead atoms. The van der Waals surface area contributed by atoms with Crippen molar-refractivity contribution in [1.82, 2.24) is 9.88 Å². The third-order valence-corrected chi connectivity index (χ3v) is 4.48. The first-order valence-corrected chi connectivity index (χ1v) is 9.37. The van der Waals surface area contributed by atoms with Crippen molar-refractivity contribution >= 4 is 11.9 Å². The minimum absolute atomic E-state index is 0.0685.